The summed E-state index contributed by atoms with van der Waals surface area (Å²) in [7, 11) is -3.42. The van der Waals surface area contributed by atoms with Crippen LogP contribution in [0.4, 0.5) is 0 Å². The molecule has 130 valence electrons. The van der Waals surface area contributed by atoms with Gasteiger partial charge in [0.05, 0.1) is 6.20 Å². The number of nitrogens with zero attached hydrogens (tertiary/aromatic N) is 2. The number of sulfonamides is 1. The van der Waals surface area contributed by atoms with E-state index in [0.717, 1.165) is 37.0 Å². The molecule has 0 atom stereocenters. The van der Waals surface area contributed by atoms with E-state index >= 15 is 0 Å². The summed E-state index contributed by atoms with van der Waals surface area (Å²) in [4.78, 5) is 9.16. The minimum Gasteiger partial charge on any atom is -0.473 e. The van der Waals surface area contributed by atoms with Crippen LogP contribution in [0.25, 0.3) is 0 Å². The highest BCUT2D eigenvalue weighted by Crippen LogP contribution is 2.26. The van der Waals surface area contributed by atoms with Gasteiger partial charge in [-0.2, -0.15) is 0 Å². The third-order valence-electron chi connectivity index (χ3n) is 4.07. The normalized spacial score (nSPS) is 21.5. The summed E-state index contributed by atoms with van der Waals surface area (Å²) in [6, 6.07) is 3.53. The molecule has 2 aromatic heterocycles. The number of thiophene rings is 1. The molecule has 0 aromatic carbocycles. The highest BCUT2D eigenvalue weighted by molar-refractivity contribution is 7.91. The maximum absolute atomic E-state index is 12.5. The Labute approximate surface area is 146 Å². The lowest BCUT2D eigenvalue weighted by Gasteiger charge is -2.28. The first-order valence-electron chi connectivity index (χ1n) is 8.10. The van der Waals surface area contributed by atoms with Crippen molar-refractivity contribution < 1.29 is 13.2 Å². The second-order valence-corrected chi connectivity index (χ2v) is 8.94. The predicted molar refractivity (Wildman–Crippen MR) is 92.7 cm³/mol. The first kappa shape index (κ1) is 17.3. The van der Waals surface area contributed by atoms with Gasteiger partial charge in [0.2, 0.25) is 15.9 Å². The molecule has 0 radical (unpaired) electrons. The van der Waals surface area contributed by atoms with Gasteiger partial charge in [-0.3, -0.25) is 4.98 Å². The standard InChI is InChI=1S/C16H21N3O3S2/c1-2-14-7-8-16(23-14)24(20,21)19-12-3-5-13(6-4-12)22-15-11-17-9-10-18-15/h7-13,19H,2-6H2,1H3. The molecule has 1 aliphatic carbocycles. The van der Waals surface area contributed by atoms with Gasteiger partial charge in [0.25, 0.3) is 0 Å². The molecule has 0 saturated heterocycles. The van der Waals surface area contributed by atoms with Crippen LogP contribution in [0.1, 0.15) is 37.5 Å². The zero-order chi connectivity index (χ0) is 17.0. The Balaban J connectivity index is 1.53. The fraction of sp³-hybridized carbons (Fsp3) is 0.500. The van der Waals surface area contributed by atoms with Crippen molar-refractivity contribution in [3.05, 3.63) is 35.6 Å². The Morgan fingerprint density at radius 2 is 2.04 bits per heavy atom. The average molecular weight is 367 g/mol. The second kappa shape index (κ2) is 7.58. The van der Waals surface area contributed by atoms with Gasteiger partial charge in [0.1, 0.15) is 10.3 Å². The van der Waals surface area contributed by atoms with Crippen molar-refractivity contribution in [1.29, 1.82) is 0 Å². The zero-order valence-corrected chi connectivity index (χ0v) is 15.1. The van der Waals surface area contributed by atoms with Crippen molar-refractivity contribution in [3.63, 3.8) is 0 Å². The van der Waals surface area contributed by atoms with Gasteiger partial charge < -0.3 is 4.74 Å². The topological polar surface area (TPSA) is 81.2 Å². The molecule has 6 nitrogen and oxygen atoms in total. The number of nitrogens with one attached hydrogen (secondary N) is 1. The molecule has 0 bridgehead atoms. The Kier molecular flexibility index (Phi) is 5.47. The molecular formula is C16H21N3O3S2. The highest BCUT2D eigenvalue weighted by atomic mass is 32.2. The van der Waals surface area contributed by atoms with Crippen molar-refractivity contribution in [2.75, 3.05) is 0 Å². The molecular weight excluding hydrogens is 346 g/mol. The molecule has 1 N–H and O–H groups in total. The van der Waals surface area contributed by atoms with E-state index in [0.29, 0.717) is 10.1 Å². The Morgan fingerprint density at radius 1 is 1.25 bits per heavy atom. The fourth-order valence-corrected chi connectivity index (χ4v) is 5.40. The molecule has 0 amide bonds. The van der Waals surface area contributed by atoms with Crippen LogP contribution in [0.3, 0.4) is 0 Å². The van der Waals surface area contributed by atoms with Crippen LogP contribution < -0.4 is 9.46 Å². The number of aryl methyl sites for hydroxylation is 1. The van der Waals surface area contributed by atoms with Crippen molar-refractivity contribution >= 4 is 21.4 Å². The lowest BCUT2D eigenvalue weighted by Crippen LogP contribution is -2.39. The number of aromatic nitrogens is 2. The van der Waals surface area contributed by atoms with Gasteiger partial charge >= 0.3 is 0 Å². The van der Waals surface area contributed by atoms with E-state index in [-0.39, 0.29) is 12.1 Å². The lowest BCUT2D eigenvalue weighted by atomic mass is 9.94. The van der Waals surface area contributed by atoms with Crippen LogP contribution in [-0.2, 0) is 16.4 Å². The van der Waals surface area contributed by atoms with Crippen molar-refractivity contribution in [3.8, 4) is 5.88 Å². The van der Waals surface area contributed by atoms with E-state index in [2.05, 4.69) is 14.7 Å². The third kappa shape index (κ3) is 4.31. The predicted octanol–water partition coefficient (Wildman–Crippen LogP) is 2.77. The summed E-state index contributed by atoms with van der Waals surface area (Å²) in [6.07, 6.45) is 8.83. The summed E-state index contributed by atoms with van der Waals surface area (Å²) in [5.41, 5.74) is 0. The minimum atomic E-state index is -3.42. The second-order valence-electron chi connectivity index (χ2n) is 5.83. The summed E-state index contributed by atoms with van der Waals surface area (Å²) < 4.78 is 33.9. The van der Waals surface area contributed by atoms with Gasteiger partial charge in [-0.1, -0.05) is 6.92 Å². The summed E-state index contributed by atoms with van der Waals surface area (Å²) in [5.74, 6) is 0.521. The number of rotatable bonds is 6. The molecule has 0 spiro atoms. The lowest BCUT2D eigenvalue weighted by molar-refractivity contribution is 0.138. The Morgan fingerprint density at radius 3 is 2.67 bits per heavy atom. The largest absolute Gasteiger partial charge is 0.473 e. The maximum atomic E-state index is 12.5. The number of hydrogen-bond donors (Lipinski definition) is 1. The zero-order valence-electron chi connectivity index (χ0n) is 13.5. The van der Waals surface area contributed by atoms with Crippen molar-refractivity contribution in [2.24, 2.45) is 0 Å². The summed E-state index contributed by atoms with van der Waals surface area (Å²) >= 11 is 1.34. The van der Waals surface area contributed by atoms with E-state index in [4.69, 9.17) is 4.74 Å². The number of hydrogen-bond acceptors (Lipinski definition) is 6. The van der Waals surface area contributed by atoms with Crippen LogP contribution in [0.15, 0.2) is 34.9 Å². The average Bonchev–Trinajstić information content (AvgIpc) is 3.08. The summed E-state index contributed by atoms with van der Waals surface area (Å²) in [5, 5.41) is 0. The van der Waals surface area contributed by atoms with E-state index in [1.807, 2.05) is 13.0 Å². The molecule has 2 heterocycles. The monoisotopic (exact) mass is 367 g/mol. The van der Waals surface area contributed by atoms with Crippen LogP contribution in [0.2, 0.25) is 0 Å². The van der Waals surface area contributed by atoms with E-state index in [9.17, 15) is 8.42 Å². The van der Waals surface area contributed by atoms with Crippen molar-refractivity contribution in [2.45, 2.75) is 55.4 Å². The number of ether oxygens (including phenoxy) is 1. The van der Waals surface area contributed by atoms with Crippen LogP contribution in [0, 0.1) is 0 Å². The molecule has 1 fully saturated rings. The van der Waals surface area contributed by atoms with E-state index in [1.165, 1.54) is 11.3 Å². The minimum absolute atomic E-state index is 0.0381. The first-order valence-corrected chi connectivity index (χ1v) is 10.4. The van der Waals surface area contributed by atoms with E-state index in [1.54, 1.807) is 24.7 Å². The molecule has 0 unspecified atom stereocenters. The van der Waals surface area contributed by atoms with Crippen LogP contribution >= 0.6 is 11.3 Å². The third-order valence-corrected chi connectivity index (χ3v) is 7.32. The van der Waals surface area contributed by atoms with Gasteiger partial charge in [-0.25, -0.2) is 18.1 Å². The van der Waals surface area contributed by atoms with Crippen LogP contribution in [-0.4, -0.2) is 30.5 Å². The van der Waals surface area contributed by atoms with Gasteiger partial charge in [-0.15, -0.1) is 11.3 Å². The molecule has 24 heavy (non-hydrogen) atoms. The SMILES string of the molecule is CCc1ccc(S(=O)(=O)NC2CCC(Oc3cnccn3)CC2)s1. The smallest absolute Gasteiger partial charge is 0.250 e. The van der Waals surface area contributed by atoms with Gasteiger partial charge in [0, 0.05) is 23.3 Å². The van der Waals surface area contributed by atoms with Crippen LogP contribution in [0.5, 0.6) is 5.88 Å². The van der Waals surface area contributed by atoms with Crippen molar-refractivity contribution in [1.82, 2.24) is 14.7 Å². The van der Waals surface area contributed by atoms with Gasteiger partial charge in [0.15, 0.2) is 0 Å². The molecule has 3 rings (SSSR count). The van der Waals surface area contributed by atoms with E-state index < -0.39 is 10.0 Å². The fourth-order valence-electron chi connectivity index (χ4n) is 2.79. The summed E-state index contributed by atoms with van der Waals surface area (Å²) in [6.45, 7) is 2.02. The first-order chi connectivity index (χ1) is 11.6. The maximum Gasteiger partial charge on any atom is 0.250 e. The molecule has 0 aliphatic heterocycles. The molecule has 8 heteroatoms. The quantitative estimate of drug-likeness (QED) is 0.849. The highest BCUT2D eigenvalue weighted by Gasteiger charge is 2.27. The van der Waals surface area contributed by atoms with Gasteiger partial charge in [-0.05, 0) is 44.2 Å². The Hall–Kier alpha value is -1.51. The molecule has 1 saturated carbocycles. The molecule has 2 aromatic rings. The molecule has 1 aliphatic rings. The Bertz CT molecular complexity index is 754.